The molecule has 0 radical (unpaired) electrons. The first-order valence-corrected chi connectivity index (χ1v) is 5.26. The molecule has 2 aromatic heterocycles. The minimum atomic E-state index is 0.328. The van der Waals surface area contributed by atoms with Gasteiger partial charge in [-0.25, -0.2) is 0 Å². The van der Waals surface area contributed by atoms with Gasteiger partial charge in [-0.3, -0.25) is 0 Å². The lowest BCUT2D eigenvalue weighted by Crippen LogP contribution is -1.84. The summed E-state index contributed by atoms with van der Waals surface area (Å²) in [5.74, 6) is 1.60. The summed E-state index contributed by atoms with van der Waals surface area (Å²) in [6, 6.07) is 9.04. The maximum absolute atomic E-state index is 5.11. The molecule has 0 bridgehead atoms. The van der Waals surface area contributed by atoms with Crippen molar-refractivity contribution in [3.8, 4) is 28.7 Å². The Kier molecular flexibility index (Phi) is 2.53. The zero-order valence-corrected chi connectivity index (χ0v) is 9.53. The van der Waals surface area contributed by atoms with E-state index in [4.69, 9.17) is 13.8 Å². The molecule has 0 saturated carbocycles. The largest absolute Gasteiger partial charge is 0.497 e. The van der Waals surface area contributed by atoms with E-state index in [1.54, 1.807) is 13.2 Å². The van der Waals surface area contributed by atoms with E-state index in [0.29, 0.717) is 17.4 Å². The summed E-state index contributed by atoms with van der Waals surface area (Å²) >= 11 is 0. The van der Waals surface area contributed by atoms with Crippen LogP contribution in [0.4, 0.5) is 0 Å². The van der Waals surface area contributed by atoms with Gasteiger partial charge in [0, 0.05) is 11.6 Å². The van der Waals surface area contributed by atoms with Crippen LogP contribution in [0, 0.1) is 0 Å². The Morgan fingerprint density at radius 2 is 1.89 bits per heavy atom. The van der Waals surface area contributed by atoms with Gasteiger partial charge in [-0.05, 0) is 24.3 Å². The maximum Gasteiger partial charge on any atom is 0.280 e. The molecule has 6 nitrogen and oxygen atoms in total. The highest BCUT2D eigenvalue weighted by Crippen LogP contribution is 2.22. The predicted molar refractivity (Wildman–Crippen MR) is 61.8 cm³/mol. The summed E-state index contributed by atoms with van der Waals surface area (Å²) in [5, 5.41) is 7.62. The summed E-state index contributed by atoms with van der Waals surface area (Å²) in [5.41, 5.74) is 1.36. The topological polar surface area (TPSA) is 74.2 Å². The monoisotopic (exact) mass is 243 g/mol. The van der Waals surface area contributed by atoms with Gasteiger partial charge >= 0.3 is 0 Å². The molecule has 6 heteroatoms. The molecule has 0 saturated heterocycles. The molecule has 0 aliphatic rings. The molecule has 0 aliphatic heterocycles. The van der Waals surface area contributed by atoms with Crippen LogP contribution < -0.4 is 4.74 Å². The summed E-state index contributed by atoms with van der Waals surface area (Å²) in [4.78, 5) is 4.24. The SMILES string of the molecule is COc1ccc(-c2noc(-c3ccon3)n2)cc1. The van der Waals surface area contributed by atoms with Crippen LogP contribution in [0.3, 0.4) is 0 Å². The van der Waals surface area contributed by atoms with E-state index in [1.807, 2.05) is 24.3 Å². The molecule has 3 rings (SSSR count). The number of benzene rings is 1. The van der Waals surface area contributed by atoms with Gasteiger partial charge in [-0.2, -0.15) is 4.98 Å². The minimum Gasteiger partial charge on any atom is -0.497 e. The lowest BCUT2D eigenvalue weighted by Gasteiger charge is -1.98. The van der Waals surface area contributed by atoms with Crippen molar-refractivity contribution < 1.29 is 13.8 Å². The van der Waals surface area contributed by atoms with E-state index in [0.717, 1.165) is 11.3 Å². The minimum absolute atomic E-state index is 0.328. The average Bonchev–Trinajstić information content (AvgIpc) is 3.09. The third kappa shape index (κ3) is 1.84. The standard InChI is InChI=1S/C12H9N3O3/c1-16-9-4-2-8(3-5-9)11-13-12(18-15-11)10-6-7-17-14-10/h2-7H,1H3. The number of rotatable bonds is 3. The van der Waals surface area contributed by atoms with Crippen LogP contribution in [0.25, 0.3) is 23.0 Å². The van der Waals surface area contributed by atoms with Gasteiger partial charge in [0.1, 0.15) is 12.0 Å². The zero-order valence-electron chi connectivity index (χ0n) is 9.53. The Bertz CT molecular complexity index is 629. The van der Waals surface area contributed by atoms with Crippen molar-refractivity contribution in [3.63, 3.8) is 0 Å². The lowest BCUT2D eigenvalue weighted by atomic mass is 10.2. The molecular weight excluding hydrogens is 234 g/mol. The maximum atomic E-state index is 5.11. The van der Waals surface area contributed by atoms with Crippen molar-refractivity contribution in [1.82, 2.24) is 15.3 Å². The predicted octanol–water partition coefficient (Wildman–Crippen LogP) is 2.40. The molecule has 0 fully saturated rings. The summed E-state index contributed by atoms with van der Waals surface area (Å²) in [6.07, 6.45) is 1.45. The molecule has 1 aromatic carbocycles. The van der Waals surface area contributed by atoms with Crippen LogP contribution in [-0.4, -0.2) is 22.4 Å². The molecule has 0 unspecified atom stereocenters. The van der Waals surface area contributed by atoms with E-state index in [9.17, 15) is 0 Å². The fraction of sp³-hybridized carbons (Fsp3) is 0.0833. The van der Waals surface area contributed by atoms with Crippen molar-refractivity contribution in [3.05, 3.63) is 36.6 Å². The van der Waals surface area contributed by atoms with Crippen LogP contribution in [0.15, 0.2) is 45.6 Å². The van der Waals surface area contributed by atoms with Crippen molar-refractivity contribution in [2.75, 3.05) is 7.11 Å². The van der Waals surface area contributed by atoms with Gasteiger partial charge in [-0.1, -0.05) is 10.3 Å². The summed E-state index contributed by atoms with van der Waals surface area (Å²) in [6.45, 7) is 0. The van der Waals surface area contributed by atoms with Gasteiger partial charge in [-0.15, -0.1) is 0 Å². The van der Waals surface area contributed by atoms with Gasteiger partial charge in [0.15, 0.2) is 5.69 Å². The van der Waals surface area contributed by atoms with Crippen LogP contribution >= 0.6 is 0 Å². The first-order valence-electron chi connectivity index (χ1n) is 5.26. The third-order valence-electron chi connectivity index (χ3n) is 2.43. The van der Waals surface area contributed by atoms with Crippen LogP contribution in [0.2, 0.25) is 0 Å². The van der Waals surface area contributed by atoms with Crippen molar-refractivity contribution >= 4 is 0 Å². The van der Waals surface area contributed by atoms with Crippen LogP contribution in [0.1, 0.15) is 0 Å². The second-order valence-corrected chi connectivity index (χ2v) is 3.54. The molecule has 0 amide bonds. The van der Waals surface area contributed by atoms with Crippen LogP contribution in [-0.2, 0) is 0 Å². The van der Waals surface area contributed by atoms with E-state index < -0.39 is 0 Å². The number of nitrogens with zero attached hydrogens (tertiary/aromatic N) is 3. The smallest absolute Gasteiger partial charge is 0.280 e. The quantitative estimate of drug-likeness (QED) is 0.703. The molecule has 0 atom stereocenters. The van der Waals surface area contributed by atoms with Crippen molar-refractivity contribution in [2.24, 2.45) is 0 Å². The van der Waals surface area contributed by atoms with E-state index in [1.165, 1.54) is 6.26 Å². The Labute approximate surface area is 102 Å². The normalized spacial score (nSPS) is 10.5. The molecule has 90 valence electrons. The second-order valence-electron chi connectivity index (χ2n) is 3.54. The average molecular weight is 243 g/mol. The molecule has 2 heterocycles. The molecule has 3 aromatic rings. The molecule has 0 aliphatic carbocycles. The van der Waals surface area contributed by atoms with Gasteiger partial charge < -0.3 is 13.8 Å². The van der Waals surface area contributed by atoms with E-state index >= 15 is 0 Å². The Hall–Kier alpha value is -2.63. The van der Waals surface area contributed by atoms with E-state index in [2.05, 4.69) is 15.3 Å². The first-order chi connectivity index (χ1) is 8.86. The van der Waals surface area contributed by atoms with Gasteiger partial charge in [0.2, 0.25) is 5.82 Å². The highest BCUT2D eigenvalue weighted by Gasteiger charge is 2.12. The fourth-order valence-corrected chi connectivity index (χ4v) is 1.51. The highest BCUT2D eigenvalue weighted by molar-refractivity contribution is 5.58. The van der Waals surface area contributed by atoms with Crippen molar-refractivity contribution in [1.29, 1.82) is 0 Å². The molecule has 0 spiro atoms. The summed E-state index contributed by atoms with van der Waals surface area (Å²) in [7, 11) is 1.62. The zero-order chi connectivity index (χ0) is 12.4. The second kappa shape index (κ2) is 4.33. The molecule has 0 N–H and O–H groups in total. The fourth-order valence-electron chi connectivity index (χ4n) is 1.51. The molecule has 18 heavy (non-hydrogen) atoms. The summed E-state index contributed by atoms with van der Waals surface area (Å²) < 4.78 is 14.9. The van der Waals surface area contributed by atoms with Gasteiger partial charge in [0.25, 0.3) is 5.89 Å². The van der Waals surface area contributed by atoms with Crippen molar-refractivity contribution in [2.45, 2.75) is 0 Å². The Balaban J connectivity index is 1.92. The number of hydrogen-bond donors (Lipinski definition) is 0. The Morgan fingerprint density at radius 1 is 1.06 bits per heavy atom. The molecular formula is C12H9N3O3. The Morgan fingerprint density at radius 3 is 2.56 bits per heavy atom. The van der Waals surface area contributed by atoms with Crippen LogP contribution in [0.5, 0.6) is 5.75 Å². The van der Waals surface area contributed by atoms with E-state index in [-0.39, 0.29) is 0 Å². The number of aromatic nitrogens is 3. The van der Waals surface area contributed by atoms with Gasteiger partial charge in [0.05, 0.1) is 7.11 Å². The number of hydrogen-bond acceptors (Lipinski definition) is 6. The lowest BCUT2D eigenvalue weighted by molar-refractivity contribution is 0.405. The highest BCUT2D eigenvalue weighted by atomic mass is 16.5. The number of methoxy groups -OCH3 is 1. The number of ether oxygens (including phenoxy) is 1. The first kappa shape index (κ1) is 10.5. The third-order valence-corrected chi connectivity index (χ3v) is 2.43.